The molecular weight excluding hydrogens is 222 g/mol. The minimum atomic E-state index is -0.185. The second kappa shape index (κ2) is 5.22. The van der Waals surface area contributed by atoms with E-state index in [4.69, 9.17) is 4.74 Å². The van der Waals surface area contributed by atoms with E-state index in [9.17, 15) is 4.79 Å². The minimum absolute atomic E-state index is 0.119. The molecule has 2 rings (SSSR count). The Morgan fingerprint density at radius 3 is 2.94 bits per heavy atom. The number of amides is 1. The second-order valence-corrected chi connectivity index (χ2v) is 4.30. The van der Waals surface area contributed by atoms with Gasteiger partial charge in [-0.1, -0.05) is 0 Å². The van der Waals surface area contributed by atoms with Gasteiger partial charge in [0.05, 0.1) is 6.61 Å². The summed E-state index contributed by atoms with van der Waals surface area (Å²) in [5, 5.41) is 13.2. The lowest BCUT2D eigenvalue weighted by Crippen LogP contribution is -2.42. The zero-order chi connectivity index (χ0) is 12.3. The van der Waals surface area contributed by atoms with Crippen molar-refractivity contribution < 1.29 is 9.53 Å². The van der Waals surface area contributed by atoms with Gasteiger partial charge >= 0.3 is 0 Å². The van der Waals surface area contributed by atoms with Crippen LogP contribution in [0.2, 0.25) is 0 Å². The van der Waals surface area contributed by atoms with Gasteiger partial charge < -0.3 is 9.64 Å². The molecule has 1 unspecified atom stereocenters. The van der Waals surface area contributed by atoms with Crippen LogP contribution < -0.4 is 0 Å². The van der Waals surface area contributed by atoms with E-state index in [1.165, 1.54) is 12.8 Å². The average molecular weight is 239 g/mol. The van der Waals surface area contributed by atoms with Gasteiger partial charge in [0.1, 0.15) is 0 Å². The number of aromatic amines is 1. The normalized spacial score (nSPS) is 16.8. The van der Waals surface area contributed by atoms with E-state index in [0.717, 1.165) is 0 Å². The molecule has 7 nitrogen and oxygen atoms in total. The van der Waals surface area contributed by atoms with E-state index in [2.05, 4.69) is 27.5 Å². The van der Waals surface area contributed by atoms with Gasteiger partial charge in [-0.15, -0.1) is 10.2 Å². The maximum atomic E-state index is 12.2. The first-order valence-electron chi connectivity index (χ1n) is 5.77. The van der Waals surface area contributed by atoms with Crippen LogP contribution in [0, 0.1) is 5.92 Å². The molecule has 17 heavy (non-hydrogen) atoms. The molecule has 0 aliphatic heterocycles. The predicted octanol–water partition coefficient (Wildman–Crippen LogP) is 0.0868. The number of ether oxygens (including phenoxy) is 1. The number of hydrogen-bond donors (Lipinski definition) is 1. The van der Waals surface area contributed by atoms with E-state index in [-0.39, 0.29) is 17.8 Å². The van der Waals surface area contributed by atoms with E-state index in [1.54, 1.807) is 12.0 Å². The lowest BCUT2D eigenvalue weighted by atomic mass is 10.2. The van der Waals surface area contributed by atoms with Gasteiger partial charge in [0.15, 0.2) is 0 Å². The Morgan fingerprint density at radius 1 is 1.65 bits per heavy atom. The Bertz CT molecular complexity index is 363. The van der Waals surface area contributed by atoms with Crippen LogP contribution >= 0.6 is 0 Å². The maximum absolute atomic E-state index is 12.2. The Kier molecular flexibility index (Phi) is 3.68. The molecule has 1 aromatic rings. The molecule has 1 fully saturated rings. The monoisotopic (exact) mass is 239 g/mol. The van der Waals surface area contributed by atoms with Crippen molar-refractivity contribution in [3.8, 4) is 0 Å². The molecule has 1 aromatic heterocycles. The van der Waals surface area contributed by atoms with Crippen molar-refractivity contribution in [3.63, 3.8) is 0 Å². The molecule has 1 aliphatic carbocycles. The van der Waals surface area contributed by atoms with Crippen LogP contribution in [0.25, 0.3) is 0 Å². The van der Waals surface area contributed by atoms with Crippen LogP contribution in [0.3, 0.4) is 0 Å². The first-order valence-corrected chi connectivity index (χ1v) is 5.77. The van der Waals surface area contributed by atoms with Crippen molar-refractivity contribution in [1.82, 2.24) is 25.5 Å². The molecule has 7 heteroatoms. The number of carbonyl (C=O) groups excluding carboxylic acids is 1. The van der Waals surface area contributed by atoms with Crippen LogP contribution in [-0.2, 0) is 4.74 Å². The number of carbonyl (C=O) groups is 1. The Labute approximate surface area is 99.5 Å². The highest BCUT2D eigenvalue weighted by Gasteiger charge is 2.35. The van der Waals surface area contributed by atoms with Crippen LogP contribution in [0.1, 0.15) is 30.4 Å². The number of methoxy groups -OCH3 is 1. The minimum Gasteiger partial charge on any atom is -0.383 e. The van der Waals surface area contributed by atoms with Crippen molar-refractivity contribution in [2.45, 2.75) is 25.8 Å². The summed E-state index contributed by atoms with van der Waals surface area (Å²) >= 11 is 0. The summed E-state index contributed by atoms with van der Waals surface area (Å²) in [5.74, 6) is 0.534. The van der Waals surface area contributed by atoms with E-state index >= 15 is 0 Å². The summed E-state index contributed by atoms with van der Waals surface area (Å²) in [5.41, 5.74) is 0. The molecule has 1 atom stereocenters. The smallest absolute Gasteiger partial charge is 0.295 e. The predicted molar refractivity (Wildman–Crippen MR) is 59.3 cm³/mol. The number of rotatable bonds is 6. The first kappa shape index (κ1) is 12.0. The largest absolute Gasteiger partial charge is 0.383 e. The molecule has 1 heterocycles. The summed E-state index contributed by atoms with van der Waals surface area (Å²) in [6, 6.07) is 0.205. The average Bonchev–Trinajstić information content (AvgIpc) is 3.04. The van der Waals surface area contributed by atoms with Crippen molar-refractivity contribution >= 4 is 5.91 Å². The second-order valence-electron chi connectivity index (χ2n) is 4.30. The molecule has 1 aliphatic rings. The van der Waals surface area contributed by atoms with E-state index in [1.807, 2.05) is 0 Å². The first-order chi connectivity index (χ1) is 8.24. The van der Waals surface area contributed by atoms with Gasteiger partial charge in [-0.3, -0.25) is 4.79 Å². The summed E-state index contributed by atoms with van der Waals surface area (Å²) in [6.07, 6.45) is 2.37. The lowest BCUT2D eigenvalue weighted by molar-refractivity contribution is 0.0582. The maximum Gasteiger partial charge on any atom is 0.295 e. The van der Waals surface area contributed by atoms with Gasteiger partial charge in [-0.05, 0) is 30.9 Å². The van der Waals surface area contributed by atoms with Crippen molar-refractivity contribution in [2.75, 3.05) is 20.3 Å². The molecule has 1 amide bonds. The third-order valence-electron chi connectivity index (χ3n) is 3.13. The topological polar surface area (TPSA) is 84.0 Å². The fraction of sp³-hybridized carbons (Fsp3) is 0.800. The Morgan fingerprint density at radius 2 is 2.41 bits per heavy atom. The van der Waals surface area contributed by atoms with Gasteiger partial charge in [-0.2, -0.15) is 5.21 Å². The lowest BCUT2D eigenvalue weighted by Gasteiger charge is -2.27. The summed E-state index contributed by atoms with van der Waals surface area (Å²) in [4.78, 5) is 13.9. The molecule has 1 saturated carbocycles. The van der Waals surface area contributed by atoms with Gasteiger partial charge in [0.25, 0.3) is 11.7 Å². The van der Waals surface area contributed by atoms with Crippen molar-refractivity contribution in [1.29, 1.82) is 0 Å². The number of H-pyrrole nitrogens is 1. The highest BCUT2D eigenvalue weighted by molar-refractivity contribution is 5.90. The van der Waals surface area contributed by atoms with Crippen molar-refractivity contribution in [3.05, 3.63) is 5.82 Å². The van der Waals surface area contributed by atoms with Crippen LogP contribution in [0.5, 0.6) is 0 Å². The quantitative estimate of drug-likeness (QED) is 0.760. The van der Waals surface area contributed by atoms with Crippen LogP contribution in [0.4, 0.5) is 0 Å². The fourth-order valence-electron chi connectivity index (χ4n) is 1.89. The zero-order valence-electron chi connectivity index (χ0n) is 10.1. The third-order valence-corrected chi connectivity index (χ3v) is 3.13. The Hall–Kier alpha value is -1.50. The molecule has 1 N–H and O–H groups in total. The van der Waals surface area contributed by atoms with Gasteiger partial charge in [0.2, 0.25) is 0 Å². The molecular formula is C10H17N5O2. The molecule has 0 radical (unpaired) electrons. The summed E-state index contributed by atoms with van der Waals surface area (Å²) in [6.45, 7) is 3.13. The summed E-state index contributed by atoms with van der Waals surface area (Å²) in [7, 11) is 1.62. The fourth-order valence-corrected chi connectivity index (χ4v) is 1.89. The van der Waals surface area contributed by atoms with Crippen LogP contribution in [-0.4, -0.2) is 57.7 Å². The Balaban J connectivity index is 2.05. The number of hydrogen-bond acceptors (Lipinski definition) is 5. The third kappa shape index (κ3) is 2.79. The van der Waals surface area contributed by atoms with E-state index < -0.39 is 0 Å². The number of aromatic nitrogens is 4. The number of tetrazole rings is 1. The molecule has 0 bridgehead atoms. The standard InChI is InChI=1S/C10H17N5O2/c1-7(8-3-4-8)15(5-6-17-2)10(16)9-11-13-14-12-9/h7-8H,3-6H2,1-2H3,(H,11,12,13,14). The van der Waals surface area contributed by atoms with Gasteiger partial charge in [-0.25, -0.2) is 0 Å². The highest BCUT2D eigenvalue weighted by Crippen LogP contribution is 2.35. The molecule has 0 aromatic carbocycles. The zero-order valence-corrected chi connectivity index (χ0v) is 10.1. The highest BCUT2D eigenvalue weighted by atomic mass is 16.5. The number of nitrogens with zero attached hydrogens (tertiary/aromatic N) is 4. The van der Waals surface area contributed by atoms with Gasteiger partial charge in [0, 0.05) is 19.7 Å². The molecule has 0 spiro atoms. The van der Waals surface area contributed by atoms with Crippen LogP contribution in [0.15, 0.2) is 0 Å². The summed E-state index contributed by atoms with van der Waals surface area (Å²) < 4.78 is 5.03. The SMILES string of the molecule is COCCN(C(=O)c1nn[nH]n1)C(C)C1CC1. The van der Waals surface area contributed by atoms with Crippen molar-refractivity contribution in [2.24, 2.45) is 5.92 Å². The molecule has 0 saturated heterocycles. The van der Waals surface area contributed by atoms with E-state index in [0.29, 0.717) is 19.1 Å². The number of nitrogens with one attached hydrogen (secondary N) is 1. The molecule has 94 valence electrons.